The minimum atomic E-state index is -0.927. The molecule has 0 radical (unpaired) electrons. The highest BCUT2D eigenvalue weighted by Crippen LogP contribution is 2.28. The highest BCUT2D eigenvalue weighted by Gasteiger charge is 2.23. The normalized spacial score (nSPS) is 14.2. The molecule has 108 valence electrons. The number of hydrogen-bond donors (Lipinski definition) is 1. The maximum Gasteiger partial charge on any atom is 0.335 e. The lowest BCUT2D eigenvalue weighted by molar-refractivity contribution is -0.118. The molecular formula is C15H20N2O3. The number of carboxylic acids is 1. The van der Waals surface area contributed by atoms with Crippen LogP contribution < -0.4 is 4.90 Å². The van der Waals surface area contributed by atoms with E-state index >= 15 is 0 Å². The number of aryl methyl sites for hydroxylation is 1. The number of aromatic carboxylic acids is 1. The average Bonchev–Trinajstić information content (AvgIpc) is 2.43. The first-order valence-electron chi connectivity index (χ1n) is 6.80. The Kier molecular flexibility index (Phi) is 4.39. The van der Waals surface area contributed by atoms with Crippen LogP contribution in [0.5, 0.6) is 0 Å². The summed E-state index contributed by atoms with van der Waals surface area (Å²) in [6, 6.07) is 5.01. The maximum atomic E-state index is 12.3. The number of rotatable bonds is 4. The maximum absolute atomic E-state index is 12.3. The van der Waals surface area contributed by atoms with E-state index in [9.17, 15) is 9.59 Å². The van der Waals surface area contributed by atoms with Crippen molar-refractivity contribution in [2.24, 2.45) is 0 Å². The zero-order valence-corrected chi connectivity index (χ0v) is 11.9. The van der Waals surface area contributed by atoms with E-state index in [2.05, 4.69) is 0 Å². The second kappa shape index (κ2) is 6.05. The second-order valence-corrected chi connectivity index (χ2v) is 5.35. The molecule has 1 aliphatic rings. The Bertz CT molecular complexity index is 526. The van der Waals surface area contributed by atoms with Crippen LogP contribution in [0, 0.1) is 0 Å². The van der Waals surface area contributed by atoms with E-state index in [1.54, 1.807) is 23.1 Å². The van der Waals surface area contributed by atoms with Crippen molar-refractivity contribution in [1.29, 1.82) is 0 Å². The van der Waals surface area contributed by atoms with Gasteiger partial charge in [0.05, 0.1) is 5.56 Å². The lowest BCUT2D eigenvalue weighted by Gasteiger charge is -2.30. The van der Waals surface area contributed by atoms with Gasteiger partial charge < -0.3 is 14.9 Å². The fraction of sp³-hybridized carbons (Fsp3) is 0.467. The fourth-order valence-electron chi connectivity index (χ4n) is 2.44. The molecule has 1 amide bonds. The predicted molar refractivity (Wildman–Crippen MR) is 77.2 cm³/mol. The standard InChI is InChI=1S/C15H20N2O3/c1-16(2)9-7-14(18)17-8-3-4-11-10-12(15(19)20)5-6-13(11)17/h5-6,10H,3-4,7-9H2,1-2H3,(H,19,20). The largest absolute Gasteiger partial charge is 0.478 e. The molecular weight excluding hydrogens is 256 g/mol. The molecule has 0 fully saturated rings. The van der Waals surface area contributed by atoms with Crippen molar-refractivity contribution in [2.75, 3.05) is 32.1 Å². The van der Waals surface area contributed by atoms with Gasteiger partial charge in [-0.25, -0.2) is 4.79 Å². The van der Waals surface area contributed by atoms with E-state index in [0.717, 1.165) is 30.6 Å². The van der Waals surface area contributed by atoms with E-state index in [1.165, 1.54) is 0 Å². The van der Waals surface area contributed by atoms with Gasteiger partial charge in [0, 0.05) is 25.2 Å². The molecule has 1 heterocycles. The van der Waals surface area contributed by atoms with Crippen molar-refractivity contribution in [2.45, 2.75) is 19.3 Å². The third kappa shape index (κ3) is 3.17. The minimum Gasteiger partial charge on any atom is -0.478 e. The summed E-state index contributed by atoms with van der Waals surface area (Å²) in [5.74, 6) is -0.827. The van der Waals surface area contributed by atoms with Crippen LogP contribution >= 0.6 is 0 Å². The van der Waals surface area contributed by atoms with Crippen LogP contribution in [-0.4, -0.2) is 49.1 Å². The lowest BCUT2D eigenvalue weighted by atomic mass is 9.99. The van der Waals surface area contributed by atoms with Crippen molar-refractivity contribution in [3.63, 3.8) is 0 Å². The fourth-order valence-corrected chi connectivity index (χ4v) is 2.44. The van der Waals surface area contributed by atoms with Gasteiger partial charge in [-0.2, -0.15) is 0 Å². The summed E-state index contributed by atoms with van der Waals surface area (Å²) in [6.07, 6.45) is 2.19. The number of benzene rings is 1. The molecule has 1 N–H and O–H groups in total. The van der Waals surface area contributed by atoms with Gasteiger partial charge in [0.2, 0.25) is 5.91 Å². The smallest absolute Gasteiger partial charge is 0.335 e. The van der Waals surface area contributed by atoms with Gasteiger partial charge in [0.1, 0.15) is 0 Å². The molecule has 0 saturated carbocycles. The number of amides is 1. The van der Waals surface area contributed by atoms with E-state index in [4.69, 9.17) is 5.11 Å². The molecule has 0 aliphatic carbocycles. The Hall–Kier alpha value is -1.88. The van der Waals surface area contributed by atoms with Gasteiger partial charge in [-0.3, -0.25) is 4.79 Å². The SMILES string of the molecule is CN(C)CCC(=O)N1CCCc2cc(C(=O)O)ccc21. The Morgan fingerprint density at radius 1 is 1.35 bits per heavy atom. The topological polar surface area (TPSA) is 60.9 Å². The van der Waals surface area contributed by atoms with E-state index in [1.807, 2.05) is 19.0 Å². The molecule has 1 aromatic rings. The molecule has 0 aromatic heterocycles. The van der Waals surface area contributed by atoms with Gasteiger partial charge in [0.25, 0.3) is 0 Å². The summed E-state index contributed by atoms with van der Waals surface area (Å²) in [7, 11) is 3.88. The molecule has 0 atom stereocenters. The molecule has 1 aliphatic heterocycles. The minimum absolute atomic E-state index is 0.0997. The van der Waals surface area contributed by atoms with Crippen molar-refractivity contribution >= 4 is 17.6 Å². The van der Waals surface area contributed by atoms with Crippen LogP contribution in [0.15, 0.2) is 18.2 Å². The Morgan fingerprint density at radius 3 is 2.75 bits per heavy atom. The monoisotopic (exact) mass is 276 g/mol. The van der Waals surface area contributed by atoms with Crippen molar-refractivity contribution in [3.8, 4) is 0 Å². The van der Waals surface area contributed by atoms with Crippen LogP contribution in [-0.2, 0) is 11.2 Å². The zero-order chi connectivity index (χ0) is 14.7. The molecule has 0 bridgehead atoms. The molecule has 0 saturated heterocycles. The van der Waals surface area contributed by atoms with Gasteiger partial charge in [-0.15, -0.1) is 0 Å². The number of anilines is 1. The first-order chi connectivity index (χ1) is 9.49. The summed E-state index contributed by atoms with van der Waals surface area (Å²) in [5.41, 5.74) is 2.10. The summed E-state index contributed by atoms with van der Waals surface area (Å²) in [6.45, 7) is 1.43. The van der Waals surface area contributed by atoms with Crippen molar-refractivity contribution < 1.29 is 14.7 Å². The first-order valence-corrected chi connectivity index (χ1v) is 6.80. The van der Waals surface area contributed by atoms with Gasteiger partial charge in [-0.05, 0) is 50.7 Å². The van der Waals surface area contributed by atoms with Gasteiger partial charge >= 0.3 is 5.97 Å². The van der Waals surface area contributed by atoms with Gasteiger partial charge in [-0.1, -0.05) is 0 Å². The van der Waals surface area contributed by atoms with Crippen LogP contribution in [0.4, 0.5) is 5.69 Å². The van der Waals surface area contributed by atoms with E-state index in [-0.39, 0.29) is 11.5 Å². The molecule has 2 rings (SSSR count). The predicted octanol–water partition coefficient (Wildman–Crippen LogP) is 1.62. The Balaban J connectivity index is 2.20. The molecule has 5 heteroatoms. The lowest BCUT2D eigenvalue weighted by Crippen LogP contribution is -2.37. The molecule has 5 nitrogen and oxygen atoms in total. The van der Waals surface area contributed by atoms with Crippen LogP contribution in [0.3, 0.4) is 0 Å². The summed E-state index contributed by atoms with van der Waals surface area (Å²) >= 11 is 0. The molecule has 0 unspecified atom stereocenters. The molecule has 20 heavy (non-hydrogen) atoms. The number of nitrogens with zero attached hydrogens (tertiary/aromatic N) is 2. The molecule has 1 aromatic carbocycles. The molecule has 0 spiro atoms. The van der Waals surface area contributed by atoms with Crippen LogP contribution in [0.25, 0.3) is 0 Å². The summed E-state index contributed by atoms with van der Waals surface area (Å²) < 4.78 is 0. The Morgan fingerprint density at radius 2 is 2.10 bits per heavy atom. The summed E-state index contributed by atoms with van der Waals surface area (Å²) in [5, 5.41) is 9.02. The number of fused-ring (bicyclic) bond motifs is 1. The highest BCUT2D eigenvalue weighted by atomic mass is 16.4. The second-order valence-electron chi connectivity index (χ2n) is 5.35. The third-order valence-electron chi connectivity index (χ3n) is 3.52. The highest BCUT2D eigenvalue weighted by molar-refractivity contribution is 5.96. The first kappa shape index (κ1) is 14.5. The number of carbonyl (C=O) groups is 2. The van der Waals surface area contributed by atoms with Gasteiger partial charge in [0.15, 0.2) is 0 Å². The number of carboxylic acid groups (broad SMARTS) is 1. The number of hydrogen-bond acceptors (Lipinski definition) is 3. The quantitative estimate of drug-likeness (QED) is 0.907. The van der Waals surface area contributed by atoms with Crippen LogP contribution in [0.1, 0.15) is 28.8 Å². The third-order valence-corrected chi connectivity index (χ3v) is 3.52. The number of carbonyl (C=O) groups excluding carboxylic acids is 1. The van der Waals surface area contributed by atoms with Crippen molar-refractivity contribution in [3.05, 3.63) is 29.3 Å². The summed E-state index contributed by atoms with van der Waals surface area (Å²) in [4.78, 5) is 27.0. The van der Waals surface area contributed by atoms with Crippen LogP contribution in [0.2, 0.25) is 0 Å². The average molecular weight is 276 g/mol. The van der Waals surface area contributed by atoms with E-state index < -0.39 is 5.97 Å². The van der Waals surface area contributed by atoms with E-state index in [0.29, 0.717) is 13.0 Å². The van der Waals surface area contributed by atoms with Crippen molar-refractivity contribution in [1.82, 2.24) is 4.90 Å². The Labute approximate surface area is 118 Å². The zero-order valence-electron chi connectivity index (χ0n) is 11.9.